The summed E-state index contributed by atoms with van der Waals surface area (Å²) < 4.78 is 11.7. The monoisotopic (exact) mass is 214 g/mol. The van der Waals surface area contributed by atoms with Gasteiger partial charge >= 0.3 is 0 Å². The summed E-state index contributed by atoms with van der Waals surface area (Å²) in [5.41, 5.74) is 0.411. The predicted molar refractivity (Wildman–Crippen MR) is 63.0 cm³/mol. The highest BCUT2D eigenvalue weighted by Crippen LogP contribution is 2.34. The maximum absolute atomic E-state index is 5.87. The highest BCUT2D eigenvalue weighted by atomic mass is 16.5. The second kappa shape index (κ2) is 4.42. The molecule has 2 atom stereocenters. The van der Waals surface area contributed by atoms with Crippen LogP contribution in [0, 0.1) is 10.8 Å². The molecule has 0 saturated carbocycles. The van der Waals surface area contributed by atoms with Crippen molar-refractivity contribution in [2.75, 3.05) is 13.2 Å². The van der Waals surface area contributed by atoms with Gasteiger partial charge in [0.25, 0.3) is 0 Å². The van der Waals surface area contributed by atoms with E-state index < -0.39 is 0 Å². The quantitative estimate of drug-likeness (QED) is 0.616. The lowest BCUT2D eigenvalue weighted by Gasteiger charge is -2.35. The van der Waals surface area contributed by atoms with Gasteiger partial charge in [-0.3, -0.25) is 0 Å². The third-order valence-corrected chi connectivity index (χ3v) is 3.08. The smallest absolute Gasteiger partial charge is 0.0704 e. The fourth-order valence-electron chi connectivity index (χ4n) is 1.92. The molecule has 1 aliphatic rings. The van der Waals surface area contributed by atoms with Crippen LogP contribution in [0.3, 0.4) is 0 Å². The van der Waals surface area contributed by atoms with Crippen LogP contribution in [0.2, 0.25) is 0 Å². The van der Waals surface area contributed by atoms with Gasteiger partial charge in [-0.2, -0.15) is 0 Å². The summed E-state index contributed by atoms with van der Waals surface area (Å²) in [7, 11) is 0. The normalized spacial score (nSPS) is 30.0. The molecule has 1 rings (SSSR count). The lowest BCUT2D eigenvalue weighted by Crippen LogP contribution is -2.36. The van der Waals surface area contributed by atoms with Crippen LogP contribution in [0.4, 0.5) is 0 Å². The summed E-state index contributed by atoms with van der Waals surface area (Å²) in [5.74, 6) is 0. The minimum absolute atomic E-state index is 0.206. The maximum Gasteiger partial charge on any atom is 0.0704 e. The van der Waals surface area contributed by atoms with Crippen LogP contribution in [-0.4, -0.2) is 25.4 Å². The van der Waals surface area contributed by atoms with Crippen molar-refractivity contribution < 1.29 is 9.47 Å². The number of hydrogen-bond donors (Lipinski definition) is 0. The molecule has 0 N–H and O–H groups in total. The van der Waals surface area contributed by atoms with Crippen molar-refractivity contribution >= 4 is 0 Å². The van der Waals surface area contributed by atoms with Gasteiger partial charge in [-0.25, -0.2) is 0 Å². The van der Waals surface area contributed by atoms with Gasteiger partial charge in [-0.1, -0.05) is 41.5 Å². The first-order chi connectivity index (χ1) is 6.71. The van der Waals surface area contributed by atoms with E-state index in [1.807, 2.05) is 0 Å². The summed E-state index contributed by atoms with van der Waals surface area (Å²) in [6.07, 6.45) is 1.63. The number of ether oxygens (including phenoxy) is 2. The van der Waals surface area contributed by atoms with E-state index in [1.54, 1.807) is 0 Å². The minimum Gasteiger partial charge on any atom is -0.375 e. The van der Waals surface area contributed by atoms with Crippen molar-refractivity contribution in [3.8, 4) is 0 Å². The van der Waals surface area contributed by atoms with Crippen molar-refractivity contribution in [3.63, 3.8) is 0 Å². The van der Waals surface area contributed by atoms with Gasteiger partial charge in [0.1, 0.15) is 0 Å². The molecule has 90 valence electrons. The molecular weight excluding hydrogens is 188 g/mol. The Morgan fingerprint density at radius 1 is 0.733 bits per heavy atom. The van der Waals surface area contributed by atoms with Gasteiger partial charge in [-0.05, 0) is 10.8 Å². The highest BCUT2D eigenvalue weighted by molar-refractivity contribution is 4.85. The summed E-state index contributed by atoms with van der Waals surface area (Å²) in [5, 5.41) is 0. The molecule has 0 radical (unpaired) electrons. The van der Waals surface area contributed by atoms with Crippen LogP contribution < -0.4 is 0 Å². The summed E-state index contributed by atoms with van der Waals surface area (Å²) in [6, 6.07) is 0. The lowest BCUT2D eigenvalue weighted by atomic mass is 9.79. The Morgan fingerprint density at radius 2 is 1.07 bits per heavy atom. The third-order valence-electron chi connectivity index (χ3n) is 3.08. The Morgan fingerprint density at radius 3 is 1.33 bits per heavy atom. The van der Waals surface area contributed by atoms with Gasteiger partial charge in [-0.15, -0.1) is 0 Å². The zero-order chi connectivity index (χ0) is 11.7. The van der Waals surface area contributed by atoms with Crippen LogP contribution in [0.25, 0.3) is 0 Å². The molecular formula is C13H26O2. The molecule has 0 spiro atoms. The molecule has 0 bridgehead atoms. The van der Waals surface area contributed by atoms with Crippen LogP contribution in [0.15, 0.2) is 0 Å². The zero-order valence-electron chi connectivity index (χ0n) is 11.1. The van der Waals surface area contributed by atoms with Gasteiger partial charge in [0.05, 0.1) is 25.4 Å². The molecule has 1 heterocycles. The Hall–Kier alpha value is -0.0800. The van der Waals surface area contributed by atoms with E-state index in [4.69, 9.17) is 9.47 Å². The van der Waals surface area contributed by atoms with Gasteiger partial charge in [0, 0.05) is 6.42 Å². The lowest BCUT2D eigenvalue weighted by molar-refractivity contribution is -0.0252. The maximum atomic E-state index is 5.87. The topological polar surface area (TPSA) is 18.5 Å². The molecule has 2 heteroatoms. The fraction of sp³-hybridized carbons (Fsp3) is 1.00. The van der Waals surface area contributed by atoms with Gasteiger partial charge in [0.15, 0.2) is 0 Å². The van der Waals surface area contributed by atoms with Crippen molar-refractivity contribution in [1.82, 2.24) is 0 Å². The number of hydrogen-bond acceptors (Lipinski definition) is 2. The zero-order valence-corrected chi connectivity index (χ0v) is 11.1. The van der Waals surface area contributed by atoms with Gasteiger partial charge in [0.2, 0.25) is 0 Å². The fourth-order valence-corrected chi connectivity index (χ4v) is 1.92. The molecule has 0 aromatic carbocycles. The Balaban J connectivity index is 2.70. The summed E-state index contributed by atoms with van der Waals surface area (Å²) in [6.45, 7) is 14.9. The van der Waals surface area contributed by atoms with E-state index in [0.717, 1.165) is 19.6 Å². The SMILES string of the molecule is CC(C)(C)C1CC(C(C)(C)C)OCCO1. The average molecular weight is 214 g/mol. The van der Waals surface area contributed by atoms with Crippen molar-refractivity contribution in [2.45, 2.75) is 60.2 Å². The summed E-state index contributed by atoms with van der Waals surface area (Å²) in [4.78, 5) is 0. The predicted octanol–water partition coefficient (Wildman–Crippen LogP) is 3.25. The first-order valence-corrected chi connectivity index (χ1v) is 5.94. The molecule has 2 nitrogen and oxygen atoms in total. The van der Waals surface area contributed by atoms with Crippen molar-refractivity contribution in [2.24, 2.45) is 10.8 Å². The average Bonchev–Trinajstić information content (AvgIpc) is 2.24. The van der Waals surface area contributed by atoms with Crippen LogP contribution in [-0.2, 0) is 9.47 Å². The second-order valence-electron chi connectivity index (χ2n) is 6.69. The van der Waals surface area contributed by atoms with Gasteiger partial charge < -0.3 is 9.47 Å². The Kier molecular flexibility index (Phi) is 3.83. The van der Waals surface area contributed by atoms with Crippen molar-refractivity contribution in [3.05, 3.63) is 0 Å². The molecule has 0 amide bonds. The minimum atomic E-state index is 0.206. The van der Waals surface area contributed by atoms with E-state index in [0.29, 0.717) is 12.2 Å². The molecule has 0 aliphatic carbocycles. The van der Waals surface area contributed by atoms with Crippen LogP contribution in [0.1, 0.15) is 48.0 Å². The second-order valence-corrected chi connectivity index (χ2v) is 6.69. The number of rotatable bonds is 0. The van der Waals surface area contributed by atoms with E-state index in [1.165, 1.54) is 0 Å². The molecule has 0 aromatic rings. The largest absolute Gasteiger partial charge is 0.375 e. The van der Waals surface area contributed by atoms with Crippen molar-refractivity contribution in [1.29, 1.82) is 0 Å². The Labute approximate surface area is 94.3 Å². The molecule has 15 heavy (non-hydrogen) atoms. The van der Waals surface area contributed by atoms with E-state index in [2.05, 4.69) is 41.5 Å². The first-order valence-electron chi connectivity index (χ1n) is 5.94. The standard InChI is InChI=1S/C13H26O2/c1-12(2,3)10-9-11(13(4,5)6)15-8-7-14-10/h10-11H,7-9H2,1-6H3. The van der Waals surface area contributed by atoms with E-state index in [9.17, 15) is 0 Å². The third kappa shape index (κ3) is 3.76. The molecule has 1 aliphatic heterocycles. The van der Waals surface area contributed by atoms with Crippen LogP contribution in [0.5, 0.6) is 0 Å². The van der Waals surface area contributed by atoms with E-state index >= 15 is 0 Å². The Bertz CT molecular complexity index is 176. The molecule has 1 fully saturated rings. The molecule has 1 saturated heterocycles. The highest BCUT2D eigenvalue weighted by Gasteiger charge is 2.35. The molecule has 0 aromatic heterocycles. The first kappa shape index (κ1) is 13.0. The summed E-state index contributed by atoms with van der Waals surface area (Å²) >= 11 is 0. The van der Waals surface area contributed by atoms with E-state index in [-0.39, 0.29) is 10.8 Å². The van der Waals surface area contributed by atoms with Crippen LogP contribution >= 0.6 is 0 Å². The molecule has 2 unspecified atom stereocenters.